The number of rotatable bonds is 2. The fraction of sp³-hybridized carbons (Fsp3) is 0.143. The highest BCUT2D eigenvalue weighted by molar-refractivity contribution is 8.01. The van der Waals surface area contributed by atoms with Gasteiger partial charge in [-0.05, 0) is 18.7 Å². The van der Waals surface area contributed by atoms with E-state index in [9.17, 15) is 0 Å². The summed E-state index contributed by atoms with van der Waals surface area (Å²) in [5.41, 5.74) is 2.55. The van der Waals surface area contributed by atoms with Gasteiger partial charge in [0.1, 0.15) is 22.0 Å². The fourth-order valence-corrected chi connectivity index (χ4v) is 2.44. The lowest BCUT2D eigenvalue weighted by Crippen LogP contribution is -1.89. The van der Waals surface area contributed by atoms with Gasteiger partial charge in [0.25, 0.3) is 0 Å². The molecule has 0 spiro atoms. The van der Waals surface area contributed by atoms with Gasteiger partial charge in [-0.15, -0.1) is 10.2 Å². The van der Waals surface area contributed by atoms with Crippen LogP contribution < -0.4 is 0 Å². The third-order valence-corrected chi connectivity index (χ3v) is 3.76. The van der Waals surface area contributed by atoms with Crippen LogP contribution in [-0.4, -0.2) is 20.2 Å². The Morgan fingerprint density at radius 2 is 2.29 bits per heavy atom. The minimum atomic E-state index is 0.479. The summed E-state index contributed by atoms with van der Waals surface area (Å²) in [6.07, 6.45) is 1.44. The maximum absolute atomic E-state index is 5.86. The van der Waals surface area contributed by atoms with Crippen molar-refractivity contribution < 1.29 is 0 Å². The molecule has 72 valence electrons. The SMILES string of the molecule is Cc1c(Cl)ncnc1Sc1nncs1. The Morgan fingerprint density at radius 3 is 3.00 bits per heavy atom. The summed E-state index contributed by atoms with van der Waals surface area (Å²) in [7, 11) is 0. The Bertz CT molecular complexity index is 431. The Balaban J connectivity index is 2.29. The minimum Gasteiger partial charge on any atom is -0.229 e. The van der Waals surface area contributed by atoms with E-state index < -0.39 is 0 Å². The standard InChI is InChI=1S/C7H5ClN4S2/c1-4-5(8)9-2-10-6(4)14-7-12-11-3-13-7/h2-3H,1H3. The van der Waals surface area contributed by atoms with Crippen LogP contribution in [0.15, 0.2) is 21.2 Å². The van der Waals surface area contributed by atoms with E-state index in [1.165, 1.54) is 29.4 Å². The molecule has 0 aliphatic rings. The molecule has 0 aliphatic heterocycles. The second-order valence-corrected chi connectivity index (χ2v) is 4.83. The van der Waals surface area contributed by atoms with Crippen molar-refractivity contribution >= 4 is 34.7 Å². The summed E-state index contributed by atoms with van der Waals surface area (Å²) in [5.74, 6) is 0. The molecule has 4 nitrogen and oxygen atoms in total. The summed E-state index contributed by atoms with van der Waals surface area (Å²) >= 11 is 8.77. The van der Waals surface area contributed by atoms with Crippen LogP contribution in [-0.2, 0) is 0 Å². The van der Waals surface area contributed by atoms with Crippen molar-refractivity contribution in [2.45, 2.75) is 16.3 Å². The Labute approximate surface area is 93.8 Å². The Hall–Kier alpha value is -0.720. The third kappa shape index (κ3) is 2.02. The maximum Gasteiger partial charge on any atom is 0.180 e. The van der Waals surface area contributed by atoms with Crippen molar-refractivity contribution in [2.24, 2.45) is 0 Å². The van der Waals surface area contributed by atoms with E-state index >= 15 is 0 Å². The van der Waals surface area contributed by atoms with Crippen LogP contribution in [0.3, 0.4) is 0 Å². The number of halogens is 1. The van der Waals surface area contributed by atoms with E-state index in [1.54, 1.807) is 5.51 Å². The first-order valence-corrected chi connectivity index (χ1v) is 5.76. The quantitative estimate of drug-likeness (QED) is 0.760. The highest BCUT2D eigenvalue weighted by atomic mass is 35.5. The fourth-order valence-electron chi connectivity index (χ4n) is 0.807. The molecule has 0 amide bonds. The number of hydrogen-bond donors (Lipinski definition) is 0. The lowest BCUT2D eigenvalue weighted by molar-refractivity contribution is 0.983. The molecule has 7 heteroatoms. The van der Waals surface area contributed by atoms with Gasteiger partial charge in [0.2, 0.25) is 0 Å². The van der Waals surface area contributed by atoms with Crippen molar-refractivity contribution in [3.8, 4) is 0 Å². The van der Waals surface area contributed by atoms with E-state index in [0.29, 0.717) is 5.15 Å². The molecule has 0 saturated carbocycles. The summed E-state index contributed by atoms with van der Waals surface area (Å²) in [6, 6.07) is 0. The first-order chi connectivity index (χ1) is 6.77. The smallest absolute Gasteiger partial charge is 0.180 e. The van der Waals surface area contributed by atoms with Gasteiger partial charge in [0.15, 0.2) is 4.34 Å². The maximum atomic E-state index is 5.86. The second-order valence-electron chi connectivity index (χ2n) is 2.40. The predicted octanol–water partition coefficient (Wildman–Crippen LogP) is 2.44. The van der Waals surface area contributed by atoms with E-state index in [2.05, 4.69) is 20.2 Å². The number of aromatic nitrogens is 4. The van der Waals surface area contributed by atoms with Gasteiger partial charge in [-0.2, -0.15) is 0 Å². The summed E-state index contributed by atoms with van der Waals surface area (Å²) < 4.78 is 0.850. The normalized spacial score (nSPS) is 10.4. The van der Waals surface area contributed by atoms with Crippen LogP contribution in [0.25, 0.3) is 0 Å². The largest absolute Gasteiger partial charge is 0.229 e. The van der Waals surface area contributed by atoms with Crippen molar-refractivity contribution in [3.05, 3.63) is 22.6 Å². The second kappa shape index (κ2) is 4.20. The Morgan fingerprint density at radius 1 is 1.43 bits per heavy atom. The molecule has 2 heterocycles. The van der Waals surface area contributed by atoms with Crippen LogP contribution in [0, 0.1) is 6.92 Å². The molecule has 0 N–H and O–H groups in total. The van der Waals surface area contributed by atoms with E-state index in [1.807, 2.05) is 6.92 Å². The highest BCUT2D eigenvalue weighted by Crippen LogP contribution is 2.30. The van der Waals surface area contributed by atoms with Gasteiger partial charge >= 0.3 is 0 Å². The molecule has 0 aliphatic carbocycles. The molecule has 0 fully saturated rings. The van der Waals surface area contributed by atoms with Gasteiger partial charge in [0, 0.05) is 5.56 Å². The molecule has 0 saturated heterocycles. The van der Waals surface area contributed by atoms with E-state index in [-0.39, 0.29) is 0 Å². The van der Waals surface area contributed by atoms with Crippen molar-refractivity contribution in [3.63, 3.8) is 0 Å². The molecular weight excluding hydrogens is 240 g/mol. The average molecular weight is 245 g/mol. The third-order valence-electron chi connectivity index (χ3n) is 1.50. The van der Waals surface area contributed by atoms with Gasteiger partial charge < -0.3 is 0 Å². The molecule has 2 aromatic heterocycles. The van der Waals surface area contributed by atoms with Crippen LogP contribution >= 0.6 is 34.7 Å². The number of nitrogens with zero attached hydrogens (tertiary/aromatic N) is 4. The van der Waals surface area contributed by atoms with Crippen LogP contribution in [0.1, 0.15) is 5.56 Å². The minimum absolute atomic E-state index is 0.479. The first kappa shape index (κ1) is 9.82. The van der Waals surface area contributed by atoms with Gasteiger partial charge in [-0.25, -0.2) is 9.97 Å². The molecular formula is C7H5ClN4S2. The summed E-state index contributed by atoms with van der Waals surface area (Å²) in [6.45, 7) is 1.88. The van der Waals surface area contributed by atoms with E-state index in [0.717, 1.165) is 14.9 Å². The van der Waals surface area contributed by atoms with Crippen molar-refractivity contribution in [1.82, 2.24) is 20.2 Å². The zero-order chi connectivity index (χ0) is 9.97. The lowest BCUT2D eigenvalue weighted by Gasteiger charge is -2.01. The predicted molar refractivity (Wildman–Crippen MR) is 55.8 cm³/mol. The zero-order valence-corrected chi connectivity index (χ0v) is 9.53. The average Bonchev–Trinajstić information content (AvgIpc) is 2.66. The van der Waals surface area contributed by atoms with E-state index in [4.69, 9.17) is 11.6 Å². The Kier molecular flexibility index (Phi) is 2.95. The monoisotopic (exact) mass is 244 g/mol. The molecule has 14 heavy (non-hydrogen) atoms. The molecule has 0 radical (unpaired) electrons. The van der Waals surface area contributed by atoms with Gasteiger partial charge in [-0.1, -0.05) is 22.9 Å². The first-order valence-electron chi connectivity index (χ1n) is 3.68. The van der Waals surface area contributed by atoms with Crippen molar-refractivity contribution in [1.29, 1.82) is 0 Å². The topological polar surface area (TPSA) is 51.6 Å². The molecule has 0 bridgehead atoms. The molecule has 0 unspecified atom stereocenters. The summed E-state index contributed by atoms with van der Waals surface area (Å²) in [5, 5.41) is 8.95. The lowest BCUT2D eigenvalue weighted by atomic mass is 10.4. The van der Waals surface area contributed by atoms with Gasteiger partial charge in [-0.3, -0.25) is 0 Å². The molecule has 0 aromatic carbocycles. The number of hydrogen-bond acceptors (Lipinski definition) is 6. The summed E-state index contributed by atoms with van der Waals surface area (Å²) in [4.78, 5) is 8.00. The molecule has 0 atom stereocenters. The van der Waals surface area contributed by atoms with Crippen LogP contribution in [0.5, 0.6) is 0 Å². The highest BCUT2D eigenvalue weighted by Gasteiger charge is 2.08. The molecule has 2 aromatic rings. The molecule has 2 rings (SSSR count). The van der Waals surface area contributed by atoms with Crippen LogP contribution in [0.2, 0.25) is 5.15 Å². The zero-order valence-electron chi connectivity index (χ0n) is 7.14. The van der Waals surface area contributed by atoms with Gasteiger partial charge in [0.05, 0.1) is 0 Å². The van der Waals surface area contributed by atoms with Crippen LogP contribution in [0.4, 0.5) is 0 Å². The van der Waals surface area contributed by atoms with Crippen molar-refractivity contribution in [2.75, 3.05) is 0 Å².